The highest BCUT2D eigenvalue weighted by molar-refractivity contribution is 6.32. The lowest BCUT2D eigenvalue weighted by atomic mass is 9.85. The first-order valence-corrected chi connectivity index (χ1v) is 6.97. The third-order valence-electron chi connectivity index (χ3n) is 3.39. The van der Waals surface area contributed by atoms with Crippen LogP contribution in [0, 0.1) is 5.41 Å². The van der Waals surface area contributed by atoms with Gasteiger partial charge in [-0.25, -0.2) is 0 Å². The lowest BCUT2D eigenvalue weighted by molar-refractivity contribution is -0.115. The second kappa shape index (κ2) is 5.14. The van der Waals surface area contributed by atoms with Gasteiger partial charge in [0.2, 0.25) is 5.91 Å². The van der Waals surface area contributed by atoms with Gasteiger partial charge < -0.3 is 10.6 Å². The molecule has 1 aliphatic rings. The number of hydrogen-bond acceptors (Lipinski definition) is 2. The molecular formula is C15H21ClN2O. The number of carbonyl (C=O) groups is 1. The van der Waals surface area contributed by atoms with Crippen molar-refractivity contribution in [2.45, 2.75) is 39.7 Å². The molecule has 2 N–H and O–H groups in total. The summed E-state index contributed by atoms with van der Waals surface area (Å²) in [7, 11) is 1.95. The fourth-order valence-electron chi connectivity index (χ4n) is 2.51. The minimum Gasteiger partial charge on any atom is -0.325 e. The molecule has 4 heteroatoms. The van der Waals surface area contributed by atoms with E-state index in [0.29, 0.717) is 11.4 Å². The maximum absolute atomic E-state index is 11.4. The van der Waals surface area contributed by atoms with Gasteiger partial charge in [0.05, 0.1) is 6.42 Å². The van der Waals surface area contributed by atoms with Gasteiger partial charge in [0, 0.05) is 16.8 Å². The molecule has 1 amide bonds. The lowest BCUT2D eigenvalue weighted by Gasteiger charge is -2.27. The van der Waals surface area contributed by atoms with E-state index in [9.17, 15) is 4.79 Å². The summed E-state index contributed by atoms with van der Waals surface area (Å²) < 4.78 is 0. The molecule has 3 nitrogen and oxygen atoms in total. The Morgan fingerprint density at radius 2 is 2.11 bits per heavy atom. The zero-order valence-electron chi connectivity index (χ0n) is 11.9. The average molecular weight is 281 g/mol. The van der Waals surface area contributed by atoms with Gasteiger partial charge in [-0.3, -0.25) is 4.79 Å². The quantitative estimate of drug-likeness (QED) is 0.889. The van der Waals surface area contributed by atoms with E-state index in [4.69, 9.17) is 11.6 Å². The van der Waals surface area contributed by atoms with E-state index in [1.807, 2.05) is 13.1 Å². The Bertz CT molecular complexity index is 506. The molecule has 1 heterocycles. The molecule has 0 radical (unpaired) electrons. The number of rotatable bonds is 3. The Hall–Kier alpha value is -1.06. The highest BCUT2D eigenvalue weighted by Crippen LogP contribution is 2.37. The normalized spacial score (nSPS) is 16.2. The van der Waals surface area contributed by atoms with Gasteiger partial charge in [-0.1, -0.05) is 38.4 Å². The first-order chi connectivity index (χ1) is 8.80. The fourth-order valence-corrected chi connectivity index (χ4v) is 2.81. The average Bonchev–Trinajstić information content (AvgIpc) is 2.63. The van der Waals surface area contributed by atoms with Crippen LogP contribution in [0.5, 0.6) is 0 Å². The Kier molecular flexibility index (Phi) is 3.88. The van der Waals surface area contributed by atoms with Gasteiger partial charge >= 0.3 is 0 Å². The minimum absolute atomic E-state index is 0.0417. The van der Waals surface area contributed by atoms with E-state index in [2.05, 4.69) is 37.5 Å². The minimum atomic E-state index is 0.0417. The van der Waals surface area contributed by atoms with Gasteiger partial charge in [0.15, 0.2) is 0 Å². The topological polar surface area (TPSA) is 41.1 Å². The molecule has 0 saturated carbocycles. The van der Waals surface area contributed by atoms with Crippen LogP contribution in [0.15, 0.2) is 12.1 Å². The number of carbonyl (C=O) groups excluding carboxylic acids is 1. The number of nitrogens with one attached hydrogen (secondary N) is 2. The summed E-state index contributed by atoms with van der Waals surface area (Å²) in [6, 6.07) is 4.13. The molecule has 0 saturated heterocycles. The third-order valence-corrected chi connectivity index (χ3v) is 3.72. The van der Waals surface area contributed by atoms with Gasteiger partial charge in [0.1, 0.15) is 0 Å². The van der Waals surface area contributed by atoms with E-state index >= 15 is 0 Å². The van der Waals surface area contributed by atoms with Crippen molar-refractivity contribution in [2.24, 2.45) is 5.41 Å². The number of benzene rings is 1. The van der Waals surface area contributed by atoms with Crippen LogP contribution in [0.3, 0.4) is 0 Å². The summed E-state index contributed by atoms with van der Waals surface area (Å²) in [6.07, 6.45) is 1.44. The maximum atomic E-state index is 11.4. The molecular weight excluding hydrogens is 260 g/mol. The predicted molar refractivity (Wildman–Crippen MR) is 79.7 cm³/mol. The van der Waals surface area contributed by atoms with Crippen LogP contribution < -0.4 is 10.6 Å². The molecule has 1 aliphatic heterocycles. The van der Waals surface area contributed by atoms with Crippen LogP contribution in [0.1, 0.15) is 44.4 Å². The lowest BCUT2D eigenvalue weighted by Crippen LogP contribution is -2.23. The molecule has 0 aromatic heterocycles. The molecule has 1 unspecified atom stereocenters. The highest BCUT2D eigenvalue weighted by Gasteiger charge is 2.25. The SMILES string of the molecule is CNC(CC(C)(C)C)c1cc2c(cc1Cl)NC(=O)C2. The summed E-state index contributed by atoms with van der Waals surface area (Å²) in [5.41, 5.74) is 3.18. The molecule has 2 rings (SSSR count). The van der Waals surface area contributed by atoms with Crippen LogP contribution in [0.2, 0.25) is 5.02 Å². The van der Waals surface area contributed by atoms with Crippen LogP contribution >= 0.6 is 11.6 Å². The fraction of sp³-hybridized carbons (Fsp3) is 0.533. The van der Waals surface area contributed by atoms with E-state index in [0.717, 1.165) is 23.2 Å². The zero-order chi connectivity index (χ0) is 14.2. The number of halogens is 1. The van der Waals surface area contributed by atoms with Crippen molar-refractivity contribution in [1.29, 1.82) is 0 Å². The predicted octanol–water partition coefficient (Wildman–Crippen LogP) is 3.53. The first kappa shape index (κ1) is 14.4. The second-order valence-electron chi connectivity index (χ2n) is 6.36. The monoisotopic (exact) mass is 280 g/mol. The van der Waals surface area contributed by atoms with Gasteiger partial charge in [-0.15, -0.1) is 0 Å². The van der Waals surface area contributed by atoms with Crippen molar-refractivity contribution in [3.05, 3.63) is 28.3 Å². The standard InChI is InChI=1S/C15H21ClN2O/c1-15(2,3)8-13(17-4)10-5-9-6-14(19)18-12(9)7-11(10)16/h5,7,13,17H,6,8H2,1-4H3,(H,18,19). The van der Waals surface area contributed by atoms with Crippen LogP contribution in [-0.2, 0) is 11.2 Å². The molecule has 104 valence electrons. The molecule has 1 atom stereocenters. The molecule has 0 fully saturated rings. The van der Waals surface area contributed by atoms with Crippen molar-refractivity contribution < 1.29 is 4.79 Å². The zero-order valence-corrected chi connectivity index (χ0v) is 12.7. The number of fused-ring (bicyclic) bond motifs is 1. The van der Waals surface area contributed by atoms with Gasteiger partial charge in [-0.05, 0) is 36.1 Å². The maximum Gasteiger partial charge on any atom is 0.228 e. The second-order valence-corrected chi connectivity index (χ2v) is 6.77. The van der Waals surface area contributed by atoms with Gasteiger partial charge in [-0.2, -0.15) is 0 Å². The summed E-state index contributed by atoms with van der Waals surface area (Å²) in [4.78, 5) is 11.4. The molecule has 0 aliphatic carbocycles. The van der Waals surface area contributed by atoms with Crippen molar-refractivity contribution in [3.8, 4) is 0 Å². The van der Waals surface area contributed by atoms with Gasteiger partial charge in [0.25, 0.3) is 0 Å². The van der Waals surface area contributed by atoms with E-state index in [1.54, 1.807) is 0 Å². The molecule has 0 bridgehead atoms. The Labute approximate surface area is 119 Å². The summed E-state index contributed by atoms with van der Waals surface area (Å²) in [5.74, 6) is 0.0417. The number of hydrogen-bond donors (Lipinski definition) is 2. The van der Waals surface area contributed by atoms with Crippen molar-refractivity contribution in [2.75, 3.05) is 12.4 Å². The van der Waals surface area contributed by atoms with Crippen molar-refractivity contribution >= 4 is 23.2 Å². The highest BCUT2D eigenvalue weighted by atomic mass is 35.5. The van der Waals surface area contributed by atoms with E-state index in [-0.39, 0.29) is 17.4 Å². The summed E-state index contributed by atoms with van der Waals surface area (Å²) in [6.45, 7) is 6.64. The largest absolute Gasteiger partial charge is 0.325 e. The Morgan fingerprint density at radius 1 is 1.42 bits per heavy atom. The molecule has 1 aromatic carbocycles. The van der Waals surface area contributed by atoms with E-state index in [1.165, 1.54) is 0 Å². The van der Waals surface area contributed by atoms with Crippen molar-refractivity contribution in [3.63, 3.8) is 0 Å². The van der Waals surface area contributed by atoms with Crippen molar-refractivity contribution in [1.82, 2.24) is 5.32 Å². The Balaban J connectivity index is 2.34. The number of anilines is 1. The molecule has 0 spiro atoms. The first-order valence-electron chi connectivity index (χ1n) is 6.59. The summed E-state index contributed by atoms with van der Waals surface area (Å²) >= 11 is 6.37. The molecule has 19 heavy (non-hydrogen) atoms. The smallest absolute Gasteiger partial charge is 0.228 e. The van der Waals surface area contributed by atoms with E-state index < -0.39 is 0 Å². The Morgan fingerprint density at radius 3 is 2.68 bits per heavy atom. The van der Waals surface area contributed by atoms with Crippen LogP contribution in [0.4, 0.5) is 5.69 Å². The number of amides is 1. The molecule has 1 aromatic rings. The van der Waals surface area contributed by atoms with Crippen LogP contribution in [-0.4, -0.2) is 13.0 Å². The third kappa shape index (κ3) is 3.28. The van der Waals surface area contributed by atoms with Crippen LogP contribution in [0.25, 0.3) is 0 Å². The summed E-state index contributed by atoms with van der Waals surface area (Å²) in [5, 5.41) is 6.87.